The third-order valence-electron chi connectivity index (χ3n) is 5.90. The molecule has 1 aliphatic rings. The van der Waals surface area contributed by atoms with Crippen LogP contribution in [-0.2, 0) is 5.60 Å². The Bertz CT molecular complexity index is 827. The number of ether oxygens (including phenoxy) is 1. The molecule has 3 heteroatoms. The SMILES string of the molecule is COc1cccc(C=C2CCCCC(CN(C)C)C2(O)c2ccccc2C)c1. The van der Waals surface area contributed by atoms with Crippen LogP contribution in [0.15, 0.2) is 54.1 Å². The Hall–Kier alpha value is -2.10. The Morgan fingerprint density at radius 3 is 2.64 bits per heavy atom. The smallest absolute Gasteiger partial charge is 0.119 e. The first-order chi connectivity index (χ1) is 13.4. The molecule has 0 aliphatic heterocycles. The molecule has 0 amide bonds. The van der Waals surface area contributed by atoms with Crippen molar-refractivity contribution >= 4 is 6.08 Å². The molecule has 1 aliphatic carbocycles. The van der Waals surface area contributed by atoms with Crippen LogP contribution in [0.2, 0.25) is 0 Å². The molecular formula is C25H33NO2. The molecule has 2 atom stereocenters. The summed E-state index contributed by atoms with van der Waals surface area (Å²) in [5.74, 6) is 0.996. The Morgan fingerprint density at radius 1 is 1.14 bits per heavy atom. The van der Waals surface area contributed by atoms with Crippen LogP contribution >= 0.6 is 0 Å². The van der Waals surface area contributed by atoms with E-state index in [2.05, 4.69) is 50.2 Å². The zero-order valence-electron chi connectivity index (χ0n) is 17.6. The van der Waals surface area contributed by atoms with Gasteiger partial charge in [0.05, 0.1) is 7.11 Å². The van der Waals surface area contributed by atoms with Crippen molar-refractivity contribution in [2.24, 2.45) is 5.92 Å². The number of benzene rings is 2. The van der Waals surface area contributed by atoms with Gasteiger partial charge in [0.25, 0.3) is 0 Å². The molecule has 0 radical (unpaired) electrons. The normalized spacial score (nSPS) is 24.4. The molecule has 28 heavy (non-hydrogen) atoms. The van der Waals surface area contributed by atoms with E-state index in [0.29, 0.717) is 0 Å². The Morgan fingerprint density at radius 2 is 1.93 bits per heavy atom. The van der Waals surface area contributed by atoms with Gasteiger partial charge in [-0.05, 0) is 74.7 Å². The van der Waals surface area contributed by atoms with E-state index in [1.165, 1.54) is 0 Å². The van der Waals surface area contributed by atoms with Gasteiger partial charge >= 0.3 is 0 Å². The van der Waals surface area contributed by atoms with Crippen LogP contribution in [0.3, 0.4) is 0 Å². The third kappa shape index (κ3) is 4.31. The lowest BCUT2D eigenvalue weighted by atomic mass is 9.72. The molecule has 1 fully saturated rings. The average Bonchev–Trinajstić information content (AvgIpc) is 2.82. The highest BCUT2D eigenvalue weighted by atomic mass is 16.5. The lowest BCUT2D eigenvalue weighted by Gasteiger charge is -2.40. The number of aliphatic hydroxyl groups is 1. The first-order valence-corrected chi connectivity index (χ1v) is 10.2. The minimum absolute atomic E-state index is 0.156. The van der Waals surface area contributed by atoms with Crippen LogP contribution in [-0.4, -0.2) is 37.8 Å². The fourth-order valence-corrected chi connectivity index (χ4v) is 4.54. The number of rotatable bonds is 5. The van der Waals surface area contributed by atoms with Crippen molar-refractivity contribution in [3.05, 3.63) is 70.8 Å². The summed E-state index contributed by atoms with van der Waals surface area (Å²) in [6.45, 7) is 2.97. The Balaban J connectivity index is 2.16. The molecule has 0 bridgehead atoms. The van der Waals surface area contributed by atoms with Crippen molar-refractivity contribution in [3.8, 4) is 5.75 Å². The summed E-state index contributed by atoms with van der Waals surface area (Å²) in [5, 5.41) is 12.3. The first kappa shape index (κ1) is 20.6. The third-order valence-corrected chi connectivity index (χ3v) is 5.90. The van der Waals surface area contributed by atoms with Gasteiger partial charge in [-0.1, -0.05) is 48.9 Å². The van der Waals surface area contributed by atoms with Gasteiger partial charge in [0, 0.05) is 12.5 Å². The largest absolute Gasteiger partial charge is 0.497 e. The van der Waals surface area contributed by atoms with Gasteiger partial charge in [0.15, 0.2) is 0 Å². The summed E-state index contributed by atoms with van der Waals surface area (Å²) in [6, 6.07) is 16.4. The van der Waals surface area contributed by atoms with Crippen molar-refractivity contribution < 1.29 is 9.84 Å². The van der Waals surface area contributed by atoms with Gasteiger partial charge < -0.3 is 14.7 Å². The lowest BCUT2D eigenvalue weighted by molar-refractivity contribution is -0.0000275. The zero-order chi connectivity index (χ0) is 20.1. The topological polar surface area (TPSA) is 32.7 Å². The van der Waals surface area contributed by atoms with Gasteiger partial charge in [0.2, 0.25) is 0 Å². The number of methoxy groups -OCH3 is 1. The van der Waals surface area contributed by atoms with Crippen molar-refractivity contribution in [2.75, 3.05) is 27.7 Å². The van der Waals surface area contributed by atoms with Crippen LogP contribution in [0.5, 0.6) is 5.75 Å². The molecule has 3 rings (SSSR count). The molecule has 3 nitrogen and oxygen atoms in total. The predicted octanol–water partition coefficient (Wildman–Crippen LogP) is 5.03. The van der Waals surface area contributed by atoms with E-state index in [9.17, 15) is 5.11 Å². The highest BCUT2D eigenvalue weighted by Gasteiger charge is 2.43. The van der Waals surface area contributed by atoms with E-state index in [0.717, 1.165) is 60.2 Å². The molecular weight excluding hydrogens is 346 g/mol. The molecule has 1 N–H and O–H groups in total. The standard InChI is InChI=1S/C25H33NO2/c1-19-10-5-8-15-24(19)25(27)21(12-6-7-13-22(25)18-26(2)3)16-20-11-9-14-23(17-20)28-4/h5,8-11,14-17,22,27H,6-7,12-13,18H2,1-4H3. The number of aryl methyl sites for hydroxylation is 1. The van der Waals surface area contributed by atoms with Crippen molar-refractivity contribution in [1.29, 1.82) is 0 Å². The summed E-state index contributed by atoms with van der Waals surface area (Å²) in [4.78, 5) is 2.20. The van der Waals surface area contributed by atoms with Crippen molar-refractivity contribution in [2.45, 2.75) is 38.2 Å². The van der Waals surface area contributed by atoms with Gasteiger partial charge in [0.1, 0.15) is 11.4 Å². The quantitative estimate of drug-likeness (QED) is 0.740. The van der Waals surface area contributed by atoms with Crippen molar-refractivity contribution in [1.82, 2.24) is 4.90 Å². The van der Waals surface area contributed by atoms with Crippen LogP contribution < -0.4 is 4.74 Å². The monoisotopic (exact) mass is 379 g/mol. The van der Waals surface area contributed by atoms with Gasteiger partial charge in [-0.3, -0.25) is 0 Å². The molecule has 0 aromatic heterocycles. The van der Waals surface area contributed by atoms with E-state index in [-0.39, 0.29) is 5.92 Å². The highest BCUT2D eigenvalue weighted by Crippen LogP contribution is 2.46. The Labute approximate surface area is 169 Å². The van der Waals surface area contributed by atoms with Crippen LogP contribution in [0.25, 0.3) is 6.08 Å². The minimum Gasteiger partial charge on any atom is -0.497 e. The van der Waals surface area contributed by atoms with Crippen LogP contribution in [0, 0.1) is 12.8 Å². The van der Waals surface area contributed by atoms with Crippen LogP contribution in [0.1, 0.15) is 42.4 Å². The van der Waals surface area contributed by atoms with E-state index in [1.807, 2.05) is 30.3 Å². The minimum atomic E-state index is -0.963. The van der Waals surface area contributed by atoms with Crippen LogP contribution in [0.4, 0.5) is 0 Å². The van der Waals surface area contributed by atoms with Crippen molar-refractivity contribution in [3.63, 3.8) is 0 Å². The van der Waals surface area contributed by atoms with E-state index in [1.54, 1.807) is 7.11 Å². The second-order valence-corrected chi connectivity index (χ2v) is 8.23. The van der Waals surface area contributed by atoms with Gasteiger partial charge in [-0.2, -0.15) is 0 Å². The van der Waals surface area contributed by atoms with E-state index >= 15 is 0 Å². The highest BCUT2D eigenvalue weighted by molar-refractivity contribution is 5.59. The average molecular weight is 380 g/mol. The predicted molar refractivity (Wildman–Crippen MR) is 117 cm³/mol. The zero-order valence-corrected chi connectivity index (χ0v) is 17.6. The number of hydrogen-bond donors (Lipinski definition) is 1. The van der Waals surface area contributed by atoms with E-state index in [4.69, 9.17) is 4.74 Å². The lowest BCUT2D eigenvalue weighted by Crippen LogP contribution is -2.42. The van der Waals surface area contributed by atoms with E-state index < -0.39 is 5.60 Å². The number of hydrogen-bond acceptors (Lipinski definition) is 3. The Kier molecular flexibility index (Phi) is 6.58. The summed E-state index contributed by atoms with van der Waals surface area (Å²) in [5.41, 5.74) is 3.41. The summed E-state index contributed by atoms with van der Waals surface area (Å²) in [6.07, 6.45) is 6.36. The molecule has 0 spiro atoms. The number of nitrogens with zero attached hydrogens (tertiary/aromatic N) is 1. The molecule has 150 valence electrons. The van der Waals surface area contributed by atoms with Gasteiger partial charge in [-0.15, -0.1) is 0 Å². The maximum Gasteiger partial charge on any atom is 0.119 e. The molecule has 2 unspecified atom stereocenters. The molecule has 0 heterocycles. The summed E-state index contributed by atoms with van der Waals surface area (Å²) >= 11 is 0. The second kappa shape index (κ2) is 8.93. The fraction of sp³-hybridized carbons (Fsp3) is 0.440. The van der Waals surface area contributed by atoms with Gasteiger partial charge in [-0.25, -0.2) is 0 Å². The maximum absolute atomic E-state index is 12.3. The molecule has 2 aromatic rings. The molecule has 2 aromatic carbocycles. The molecule has 0 saturated heterocycles. The molecule has 1 saturated carbocycles. The summed E-state index contributed by atoms with van der Waals surface area (Å²) < 4.78 is 5.40. The first-order valence-electron chi connectivity index (χ1n) is 10.2. The second-order valence-electron chi connectivity index (χ2n) is 8.23. The fourth-order valence-electron chi connectivity index (χ4n) is 4.54. The summed E-state index contributed by atoms with van der Waals surface area (Å²) in [7, 11) is 5.87. The maximum atomic E-state index is 12.3.